The van der Waals surface area contributed by atoms with E-state index in [2.05, 4.69) is 15.6 Å². The zero-order chi connectivity index (χ0) is 12.1. The summed E-state index contributed by atoms with van der Waals surface area (Å²) in [6.07, 6.45) is 3.84. The molecule has 1 saturated heterocycles. The monoisotopic (exact) mass is 235 g/mol. The number of hydrogen-bond donors (Lipinski definition) is 2. The fraction of sp³-hybridized carbons (Fsp3) is 0.500. The van der Waals surface area contributed by atoms with Gasteiger partial charge in [0.25, 0.3) is 0 Å². The van der Waals surface area contributed by atoms with Gasteiger partial charge in [-0.15, -0.1) is 0 Å². The summed E-state index contributed by atoms with van der Waals surface area (Å²) in [6, 6.07) is 5.15. The van der Waals surface area contributed by atoms with Gasteiger partial charge in [0.2, 0.25) is 0 Å². The van der Waals surface area contributed by atoms with Crippen molar-refractivity contribution >= 4 is 11.8 Å². The molecule has 2 unspecified atom stereocenters. The van der Waals surface area contributed by atoms with E-state index in [9.17, 15) is 4.79 Å². The highest BCUT2D eigenvalue weighted by molar-refractivity contribution is 5.88. The van der Waals surface area contributed by atoms with Gasteiger partial charge in [0.05, 0.1) is 12.1 Å². The number of pyridine rings is 1. The largest absolute Gasteiger partial charge is 0.376 e. The van der Waals surface area contributed by atoms with Crippen LogP contribution in [-0.2, 0) is 4.74 Å². The van der Waals surface area contributed by atoms with Crippen LogP contribution in [0.1, 0.15) is 19.8 Å². The zero-order valence-electron chi connectivity index (χ0n) is 9.85. The summed E-state index contributed by atoms with van der Waals surface area (Å²) >= 11 is 0. The molecule has 2 heterocycles. The molecule has 5 nitrogen and oxygen atoms in total. The Kier molecular flexibility index (Phi) is 3.93. The van der Waals surface area contributed by atoms with E-state index in [1.807, 2.05) is 13.0 Å². The van der Waals surface area contributed by atoms with Crippen LogP contribution < -0.4 is 10.6 Å². The van der Waals surface area contributed by atoms with E-state index in [1.165, 1.54) is 0 Å². The van der Waals surface area contributed by atoms with Crippen molar-refractivity contribution in [2.24, 2.45) is 0 Å². The molecule has 0 radical (unpaired) electrons. The van der Waals surface area contributed by atoms with Gasteiger partial charge in [-0.25, -0.2) is 9.78 Å². The molecule has 0 aliphatic carbocycles. The topological polar surface area (TPSA) is 63.2 Å². The first-order chi connectivity index (χ1) is 8.25. The molecule has 2 rings (SSSR count). The first-order valence-corrected chi connectivity index (χ1v) is 5.86. The Morgan fingerprint density at radius 3 is 3.12 bits per heavy atom. The number of hydrogen-bond acceptors (Lipinski definition) is 3. The van der Waals surface area contributed by atoms with Crippen molar-refractivity contribution in [1.29, 1.82) is 0 Å². The third-order valence-corrected chi connectivity index (χ3v) is 2.79. The van der Waals surface area contributed by atoms with Crippen LogP contribution in [0.4, 0.5) is 10.6 Å². The van der Waals surface area contributed by atoms with Gasteiger partial charge in [-0.3, -0.25) is 5.32 Å². The van der Waals surface area contributed by atoms with Crippen LogP contribution in [0, 0.1) is 0 Å². The molecule has 2 N–H and O–H groups in total. The Morgan fingerprint density at radius 2 is 2.47 bits per heavy atom. The molecular formula is C12H17N3O2. The molecule has 0 aromatic carbocycles. The smallest absolute Gasteiger partial charge is 0.320 e. The number of nitrogens with one attached hydrogen (secondary N) is 2. The van der Waals surface area contributed by atoms with Gasteiger partial charge in [0.15, 0.2) is 0 Å². The SMILES string of the molecule is CC(NC(=O)Nc1ccccn1)C1CCCO1. The van der Waals surface area contributed by atoms with Gasteiger partial charge in [0, 0.05) is 12.8 Å². The number of aromatic nitrogens is 1. The van der Waals surface area contributed by atoms with Crippen LogP contribution in [0.5, 0.6) is 0 Å². The molecule has 2 amide bonds. The Bertz CT molecular complexity index is 363. The first-order valence-electron chi connectivity index (χ1n) is 5.86. The molecule has 1 aliphatic heterocycles. The lowest BCUT2D eigenvalue weighted by Gasteiger charge is -2.19. The van der Waals surface area contributed by atoms with E-state index in [1.54, 1.807) is 18.3 Å². The third-order valence-electron chi connectivity index (χ3n) is 2.79. The van der Waals surface area contributed by atoms with Crippen LogP contribution in [0.25, 0.3) is 0 Å². The minimum Gasteiger partial charge on any atom is -0.376 e. The van der Waals surface area contributed by atoms with E-state index in [-0.39, 0.29) is 18.2 Å². The fourth-order valence-corrected chi connectivity index (χ4v) is 1.89. The quantitative estimate of drug-likeness (QED) is 0.839. The first kappa shape index (κ1) is 11.9. The number of carbonyl (C=O) groups is 1. The molecule has 0 bridgehead atoms. The fourth-order valence-electron chi connectivity index (χ4n) is 1.89. The number of urea groups is 1. The Morgan fingerprint density at radius 1 is 1.59 bits per heavy atom. The summed E-state index contributed by atoms with van der Waals surface area (Å²) < 4.78 is 5.51. The van der Waals surface area contributed by atoms with E-state index in [0.29, 0.717) is 5.82 Å². The maximum absolute atomic E-state index is 11.7. The summed E-state index contributed by atoms with van der Waals surface area (Å²) in [5.74, 6) is 0.546. The zero-order valence-corrected chi connectivity index (χ0v) is 9.85. The number of nitrogens with zero attached hydrogens (tertiary/aromatic N) is 1. The Balaban J connectivity index is 1.80. The van der Waals surface area contributed by atoms with Crippen molar-refractivity contribution in [1.82, 2.24) is 10.3 Å². The molecular weight excluding hydrogens is 218 g/mol. The molecule has 1 fully saturated rings. The number of anilines is 1. The lowest BCUT2D eigenvalue weighted by Crippen LogP contribution is -2.43. The van der Waals surface area contributed by atoms with Gasteiger partial charge >= 0.3 is 6.03 Å². The molecule has 5 heteroatoms. The predicted octanol–water partition coefficient (Wildman–Crippen LogP) is 1.77. The average Bonchev–Trinajstić information content (AvgIpc) is 2.83. The molecule has 1 aliphatic rings. The van der Waals surface area contributed by atoms with Crippen molar-refractivity contribution in [2.45, 2.75) is 31.9 Å². The van der Waals surface area contributed by atoms with E-state index in [0.717, 1.165) is 19.4 Å². The second-order valence-corrected chi connectivity index (χ2v) is 4.15. The van der Waals surface area contributed by atoms with Gasteiger partial charge in [0.1, 0.15) is 5.82 Å². The molecule has 92 valence electrons. The lowest BCUT2D eigenvalue weighted by molar-refractivity contribution is 0.0868. The van der Waals surface area contributed by atoms with E-state index >= 15 is 0 Å². The molecule has 0 saturated carbocycles. The summed E-state index contributed by atoms with van der Waals surface area (Å²) in [5, 5.41) is 5.53. The van der Waals surface area contributed by atoms with Crippen molar-refractivity contribution < 1.29 is 9.53 Å². The number of rotatable bonds is 3. The van der Waals surface area contributed by atoms with Crippen molar-refractivity contribution in [3.63, 3.8) is 0 Å². The summed E-state index contributed by atoms with van der Waals surface area (Å²) in [4.78, 5) is 15.7. The standard InChI is InChI=1S/C12H17N3O2/c1-9(10-5-4-8-17-10)14-12(16)15-11-6-2-3-7-13-11/h2-3,6-7,9-10H,4-5,8H2,1H3,(H2,13,14,15,16). The highest BCUT2D eigenvalue weighted by atomic mass is 16.5. The molecule has 1 aromatic rings. The second-order valence-electron chi connectivity index (χ2n) is 4.15. The van der Waals surface area contributed by atoms with Crippen molar-refractivity contribution in [2.75, 3.05) is 11.9 Å². The molecule has 1 aromatic heterocycles. The number of ether oxygens (including phenoxy) is 1. The number of amides is 2. The molecule has 2 atom stereocenters. The molecule has 17 heavy (non-hydrogen) atoms. The normalized spacial score (nSPS) is 20.9. The van der Waals surface area contributed by atoms with Crippen LogP contribution in [-0.4, -0.2) is 29.8 Å². The van der Waals surface area contributed by atoms with Crippen molar-refractivity contribution in [3.8, 4) is 0 Å². The predicted molar refractivity (Wildman–Crippen MR) is 64.8 cm³/mol. The van der Waals surface area contributed by atoms with E-state index in [4.69, 9.17) is 4.74 Å². The lowest BCUT2D eigenvalue weighted by atomic mass is 10.1. The van der Waals surface area contributed by atoms with Crippen LogP contribution in [0.2, 0.25) is 0 Å². The van der Waals surface area contributed by atoms with Gasteiger partial charge < -0.3 is 10.1 Å². The third kappa shape index (κ3) is 3.42. The highest BCUT2D eigenvalue weighted by Crippen LogP contribution is 2.15. The number of carbonyl (C=O) groups excluding carboxylic acids is 1. The maximum atomic E-state index is 11.7. The highest BCUT2D eigenvalue weighted by Gasteiger charge is 2.23. The van der Waals surface area contributed by atoms with E-state index < -0.39 is 0 Å². The van der Waals surface area contributed by atoms with Crippen LogP contribution in [0.15, 0.2) is 24.4 Å². The summed E-state index contributed by atoms with van der Waals surface area (Å²) in [7, 11) is 0. The van der Waals surface area contributed by atoms with Gasteiger partial charge in [-0.2, -0.15) is 0 Å². The van der Waals surface area contributed by atoms with Crippen LogP contribution in [0.3, 0.4) is 0 Å². The maximum Gasteiger partial charge on any atom is 0.320 e. The second kappa shape index (κ2) is 5.63. The summed E-state index contributed by atoms with van der Waals surface area (Å²) in [5.41, 5.74) is 0. The van der Waals surface area contributed by atoms with Crippen LogP contribution >= 0.6 is 0 Å². The Labute approximate surface area is 101 Å². The Hall–Kier alpha value is -1.62. The minimum absolute atomic E-state index is 0.0150. The van der Waals surface area contributed by atoms with Crippen molar-refractivity contribution in [3.05, 3.63) is 24.4 Å². The minimum atomic E-state index is -0.244. The molecule has 0 spiro atoms. The summed E-state index contributed by atoms with van der Waals surface area (Å²) in [6.45, 7) is 2.74. The van der Waals surface area contributed by atoms with Gasteiger partial charge in [-0.05, 0) is 31.9 Å². The van der Waals surface area contributed by atoms with Gasteiger partial charge in [-0.1, -0.05) is 6.07 Å². The average molecular weight is 235 g/mol.